The van der Waals surface area contributed by atoms with E-state index in [-0.39, 0.29) is 29.3 Å². The maximum Gasteiger partial charge on any atom is 0.303 e. The highest BCUT2D eigenvalue weighted by molar-refractivity contribution is 5.79. The average molecular weight is 391 g/mol. The zero-order valence-electron chi connectivity index (χ0n) is 17.8. The minimum Gasteiger partial charge on any atom is -0.481 e. The molecule has 0 radical (unpaired) electrons. The highest BCUT2D eigenvalue weighted by Crippen LogP contribution is 2.68. The van der Waals surface area contributed by atoms with Gasteiger partial charge in [-0.1, -0.05) is 20.8 Å². The predicted molar refractivity (Wildman–Crippen MR) is 108 cm³/mol. The highest BCUT2D eigenvalue weighted by atomic mass is 16.4. The maximum atomic E-state index is 12.1. The number of aliphatic carboxylic acids is 1. The lowest BCUT2D eigenvalue weighted by atomic mass is 9.44. The number of carbonyl (C=O) groups is 2. The number of fused-ring (bicyclic) bond motifs is 5. The maximum absolute atomic E-state index is 12.1. The Morgan fingerprint density at radius 2 is 1.82 bits per heavy atom. The first-order valence-electron chi connectivity index (χ1n) is 11.6. The molecule has 4 saturated carbocycles. The Morgan fingerprint density at radius 3 is 2.54 bits per heavy atom. The molecule has 0 saturated heterocycles. The first-order valence-corrected chi connectivity index (χ1v) is 11.6. The first kappa shape index (κ1) is 20.4. The zero-order chi connectivity index (χ0) is 20.3. The summed E-state index contributed by atoms with van der Waals surface area (Å²) in [6.45, 7) is 7.09. The van der Waals surface area contributed by atoms with Crippen LogP contribution in [-0.2, 0) is 9.59 Å². The van der Waals surface area contributed by atoms with Gasteiger partial charge in [0.15, 0.2) is 0 Å². The SMILES string of the molecule is C[C@H](CCC(=O)O)[C@H]1CC[C@H]2[C@@H]3C[C@H](O)C4CC(=O)CC[C@]4(C)[C@H]3CC[C@]12C. The molecule has 0 aromatic rings. The van der Waals surface area contributed by atoms with E-state index in [2.05, 4.69) is 20.8 Å². The van der Waals surface area contributed by atoms with E-state index in [1.165, 1.54) is 25.7 Å². The van der Waals surface area contributed by atoms with Gasteiger partial charge in [-0.15, -0.1) is 0 Å². The van der Waals surface area contributed by atoms with Crippen LogP contribution in [0.5, 0.6) is 0 Å². The number of hydrogen-bond acceptors (Lipinski definition) is 3. The van der Waals surface area contributed by atoms with Gasteiger partial charge in [0.2, 0.25) is 0 Å². The number of carbonyl (C=O) groups excluding carboxylic acids is 1. The van der Waals surface area contributed by atoms with Crippen molar-refractivity contribution in [3.05, 3.63) is 0 Å². The average Bonchev–Trinajstić information content (AvgIpc) is 2.99. The second kappa shape index (κ2) is 7.11. The normalized spacial score (nSPS) is 49.1. The molecule has 9 atom stereocenters. The third kappa shape index (κ3) is 3.05. The van der Waals surface area contributed by atoms with Crippen LogP contribution in [0.4, 0.5) is 0 Å². The molecule has 4 fully saturated rings. The van der Waals surface area contributed by atoms with Gasteiger partial charge in [0.25, 0.3) is 0 Å². The molecule has 1 unspecified atom stereocenters. The molecule has 28 heavy (non-hydrogen) atoms. The third-order valence-electron chi connectivity index (χ3n) is 10.1. The monoisotopic (exact) mass is 390 g/mol. The van der Waals surface area contributed by atoms with Crippen LogP contribution in [0, 0.1) is 46.3 Å². The molecule has 0 aliphatic heterocycles. The summed E-state index contributed by atoms with van der Waals surface area (Å²) in [4.78, 5) is 23.1. The van der Waals surface area contributed by atoms with Crippen molar-refractivity contribution < 1.29 is 19.8 Å². The van der Waals surface area contributed by atoms with Crippen LogP contribution in [0.2, 0.25) is 0 Å². The van der Waals surface area contributed by atoms with Gasteiger partial charge < -0.3 is 10.2 Å². The molecule has 4 aliphatic carbocycles. The number of carboxylic acid groups (broad SMARTS) is 1. The molecule has 4 rings (SSSR count). The molecule has 2 N–H and O–H groups in total. The van der Waals surface area contributed by atoms with Gasteiger partial charge >= 0.3 is 5.97 Å². The van der Waals surface area contributed by atoms with Crippen LogP contribution in [-0.4, -0.2) is 28.1 Å². The largest absolute Gasteiger partial charge is 0.481 e. The number of hydrogen-bond donors (Lipinski definition) is 2. The minimum atomic E-state index is -0.684. The van der Waals surface area contributed by atoms with Crippen molar-refractivity contribution >= 4 is 11.8 Å². The second-order valence-electron chi connectivity index (χ2n) is 11.2. The van der Waals surface area contributed by atoms with Crippen molar-refractivity contribution in [2.75, 3.05) is 0 Å². The summed E-state index contributed by atoms with van der Waals surface area (Å²) < 4.78 is 0. The molecule has 4 aliphatic rings. The van der Waals surface area contributed by atoms with Gasteiger partial charge in [-0.3, -0.25) is 9.59 Å². The topological polar surface area (TPSA) is 74.6 Å². The van der Waals surface area contributed by atoms with Crippen LogP contribution < -0.4 is 0 Å². The van der Waals surface area contributed by atoms with Crippen molar-refractivity contribution in [1.82, 2.24) is 0 Å². The Hall–Kier alpha value is -0.900. The molecular formula is C24H38O4. The Bertz CT molecular complexity index is 645. The molecule has 4 nitrogen and oxygen atoms in total. The number of carboxylic acids is 1. The Balaban J connectivity index is 1.55. The number of ketones is 1. The Morgan fingerprint density at radius 1 is 1.11 bits per heavy atom. The molecule has 0 heterocycles. The van der Waals surface area contributed by atoms with Gasteiger partial charge in [-0.2, -0.15) is 0 Å². The number of aliphatic hydroxyl groups excluding tert-OH is 1. The molecule has 0 aromatic carbocycles. The van der Waals surface area contributed by atoms with Crippen LogP contribution in [0.25, 0.3) is 0 Å². The van der Waals surface area contributed by atoms with Crippen LogP contribution >= 0.6 is 0 Å². The summed E-state index contributed by atoms with van der Waals surface area (Å²) in [5.74, 6) is 2.73. The van der Waals surface area contributed by atoms with E-state index in [1.807, 2.05) is 0 Å². The number of Topliss-reactive ketones (excluding diaryl/α,β-unsaturated/α-hetero) is 1. The molecule has 0 amide bonds. The van der Waals surface area contributed by atoms with Gasteiger partial charge in [0.1, 0.15) is 5.78 Å². The molecular weight excluding hydrogens is 352 g/mol. The minimum absolute atomic E-state index is 0.116. The van der Waals surface area contributed by atoms with Crippen LogP contribution in [0.15, 0.2) is 0 Å². The van der Waals surface area contributed by atoms with Gasteiger partial charge in [-0.05, 0) is 91.3 Å². The molecule has 0 bridgehead atoms. The highest BCUT2D eigenvalue weighted by Gasteiger charge is 2.62. The first-order chi connectivity index (χ1) is 13.2. The van der Waals surface area contributed by atoms with Crippen molar-refractivity contribution in [3.8, 4) is 0 Å². The van der Waals surface area contributed by atoms with Crippen molar-refractivity contribution in [2.45, 2.75) is 91.1 Å². The summed E-state index contributed by atoms with van der Waals surface area (Å²) in [5.41, 5.74) is 0.400. The second-order valence-corrected chi connectivity index (χ2v) is 11.2. The summed E-state index contributed by atoms with van der Waals surface area (Å²) in [6.07, 6.45) is 8.70. The Labute approximate surface area is 169 Å². The van der Waals surface area contributed by atoms with Gasteiger partial charge in [0.05, 0.1) is 6.10 Å². The van der Waals surface area contributed by atoms with Crippen molar-refractivity contribution in [3.63, 3.8) is 0 Å². The number of aliphatic hydroxyl groups is 1. The fourth-order valence-electron chi connectivity index (χ4n) is 8.62. The van der Waals surface area contributed by atoms with E-state index in [1.54, 1.807) is 0 Å². The van der Waals surface area contributed by atoms with E-state index in [0.717, 1.165) is 19.3 Å². The van der Waals surface area contributed by atoms with E-state index >= 15 is 0 Å². The molecule has 0 spiro atoms. The summed E-state index contributed by atoms with van der Waals surface area (Å²) >= 11 is 0. The number of rotatable bonds is 4. The van der Waals surface area contributed by atoms with E-state index < -0.39 is 5.97 Å². The standard InChI is InChI=1S/C24H38O4/c1-14(4-7-22(27)28)17-5-6-18-16-13-21(26)20-12-15(25)8-10-24(20,3)19(16)9-11-23(17,18)2/h14,16-21,26H,4-13H2,1-3H3,(H,27,28)/t14-,16+,17-,18+,19+,20?,21+,23-,24-/m1/s1. The van der Waals surface area contributed by atoms with Crippen molar-refractivity contribution in [1.29, 1.82) is 0 Å². The summed E-state index contributed by atoms with van der Waals surface area (Å²) in [6, 6.07) is 0. The summed E-state index contributed by atoms with van der Waals surface area (Å²) in [7, 11) is 0. The van der Waals surface area contributed by atoms with E-state index in [9.17, 15) is 14.7 Å². The van der Waals surface area contributed by atoms with Gasteiger partial charge in [-0.25, -0.2) is 0 Å². The lowest BCUT2D eigenvalue weighted by Gasteiger charge is -2.61. The lowest BCUT2D eigenvalue weighted by Crippen LogP contribution is -2.58. The smallest absolute Gasteiger partial charge is 0.303 e. The molecule has 4 heteroatoms. The zero-order valence-corrected chi connectivity index (χ0v) is 17.8. The summed E-state index contributed by atoms with van der Waals surface area (Å²) in [5, 5.41) is 20.1. The lowest BCUT2D eigenvalue weighted by molar-refractivity contribution is -0.166. The fourth-order valence-corrected chi connectivity index (χ4v) is 8.62. The molecule has 158 valence electrons. The third-order valence-corrected chi connectivity index (χ3v) is 10.1. The molecule has 0 aromatic heterocycles. The van der Waals surface area contributed by atoms with Gasteiger partial charge in [0, 0.05) is 19.3 Å². The quantitative estimate of drug-likeness (QED) is 0.730. The van der Waals surface area contributed by atoms with Crippen molar-refractivity contribution in [2.24, 2.45) is 46.3 Å². The Kier molecular flexibility index (Phi) is 5.17. The van der Waals surface area contributed by atoms with Crippen LogP contribution in [0.1, 0.15) is 85.0 Å². The van der Waals surface area contributed by atoms with E-state index in [0.29, 0.717) is 48.2 Å². The van der Waals surface area contributed by atoms with Crippen LogP contribution in [0.3, 0.4) is 0 Å². The predicted octanol–water partition coefficient (Wildman–Crippen LogP) is 4.69. The fraction of sp³-hybridized carbons (Fsp3) is 0.917. The van der Waals surface area contributed by atoms with E-state index in [4.69, 9.17) is 5.11 Å².